The summed E-state index contributed by atoms with van der Waals surface area (Å²) in [6.07, 6.45) is 2.37. The van der Waals surface area contributed by atoms with Crippen LogP contribution in [0.2, 0.25) is 0 Å². The first kappa shape index (κ1) is 15.3. The van der Waals surface area contributed by atoms with Crippen molar-refractivity contribution in [3.63, 3.8) is 0 Å². The highest BCUT2D eigenvalue weighted by atomic mass is 35.5. The van der Waals surface area contributed by atoms with E-state index in [1.54, 1.807) is 7.11 Å². The van der Waals surface area contributed by atoms with Gasteiger partial charge in [0.25, 0.3) is 0 Å². The van der Waals surface area contributed by atoms with Crippen molar-refractivity contribution in [3.05, 3.63) is 29.3 Å². The van der Waals surface area contributed by atoms with Crippen LogP contribution in [0.15, 0.2) is 18.2 Å². The van der Waals surface area contributed by atoms with Gasteiger partial charge in [-0.05, 0) is 43.5 Å². The Hall–Kier alpha value is -0.770. The van der Waals surface area contributed by atoms with E-state index >= 15 is 0 Å². The first-order valence-electron chi connectivity index (χ1n) is 6.30. The molecule has 0 unspecified atom stereocenters. The van der Waals surface area contributed by atoms with Gasteiger partial charge in [0.05, 0.1) is 7.11 Å². The van der Waals surface area contributed by atoms with Gasteiger partial charge in [-0.1, -0.05) is 12.1 Å². The van der Waals surface area contributed by atoms with Gasteiger partial charge in [0.2, 0.25) is 0 Å². The van der Waals surface area contributed by atoms with Gasteiger partial charge >= 0.3 is 0 Å². The van der Waals surface area contributed by atoms with Gasteiger partial charge in [0.15, 0.2) is 0 Å². The Kier molecular flexibility index (Phi) is 5.93. The van der Waals surface area contributed by atoms with Crippen molar-refractivity contribution in [1.29, 1.82) is 0 Å². The summed E-state index contributed by atoms with van der Waals surface area (Å²) in [5.74, 6) is 0.976. The van der Waals surface area contributed by atoms with Crippen LogP contribution in [0.4, 0.5) is 0 Å². The molecule has 1 saturated heterocycles. The number of methoxy groups -OCH3 is 1. The molecule has 1 aliphatic heterocycles. The Morgan fingerprint density at radius 2 is 2.22 bits per heavy atom. The lowest BCUT2D eigenvalue weighted by Gasteiger charge is -2.30. The summed E-state index contributed by atoms with van der Waals surface area (Å²) < 4.78 is 5.35. The van der Waals surface area contributed by atoms with Crippen molar-refractivity contribution in [2.75, 3.05) is 20.2 Å². The monoisotopic (exact) mass is 270 g/mol. The number of piperidine rings is 1. The van der Waals surface area contributed by atoms with Crippen molar-refractivity contribution < 1.29 is 4.74 Å². The SMILES string of the molecule is COc1cc(CN2CCC[C@@H](N)C2)ccc1C.Cl. The number of benzene rings is 1. The molecule has 2 N–H and O–H groups in total. The van der Waals surface area contributed by atoms with Crippen molar-refractivity contribution >= 4 is 12.4 Å². The van der Waals surface area contributed by atoms with Gasteiger partial charge < -0.3 is 10.5 Å². The van der Waals surface area contributed by atoms with Gasteiger partial charge in [-0.25, -0.2) is 0 Å². The Bertz CT molecular complexity index is 384. The molecule has 1 aliphatic rings. The number of nitrogens with zero attached hydrogens (tertiary/aromatic N) is 1. The highest BCUT2D eigenvalue weighted by molar-refractivity contribution is 5.85. The molecule has 0 aromatic heterocycles. The van der Waals surface area contributed by atoms with Crippen molar-refractivity contribution in [1.82, 2.24) is 4.90 Å². The van der Waals surface area contributed by atoms with E-state index in [2.05, 4.69) is 30.0 Å². The fourth-order valence-electron chi connectivity index (χ4n) is 2.46. The molecule has 1 atom stereocenters. The fourth-order valence-corrected chi connectivity index (χ4v) is 2.46. The highest BCUT2D eigenvalue weighted by Gasteiger charge is 2.16. The standard InChI is InChI=1S/C14H22N2O.ClH/c1-11-5-6-12(8-14(11)17-2)9-16-7-3-4-13(15)10-16;/h5-6,8,13H,3-4,7,9-10,15H2,1-2H3;1H/t13-;/m1./s1. The van der Waals surface area contributed by atoms with E-state index in [-0.39, 0.29) is 12.4 Å². The lowest BCUT2D eigenvalue weighted by molar-refractivity contribution is 0.201. The molecular formula is C14H23ClN2O. The van der Waals surface area contributed by atoms with Crippen molar-refractivity contribution in [2.24, 2.45) is 5.73 Å². The number of nitrogens with two attached hydrogens (primary N) is 1. The quantitative estimate of drug-likeness (QED) is 0.916. The van der Waals surface area contributed by atoms with Crippen LogP contribution in [-0.4, -0.2) is 31.1 Å². The van der Waals surface area contributed by atoms with Gasteiger partial charge in [0.1, 0.15) is 5.75 Å². The molecule has 18 heavy (non-hydrogen) atoms. The van der Waals surface area contributed by atoms with E-state index in [1.807, 2.05) is 0 Å². The smallest absolute Gasteiger partial charge is 0.122 e. The predicted molar refractivity (Wildman–Crippen MR) is 77.5 cm³/mol. The summed E-state index contributed by atoms with van der Waals surface area (Å²) in [5, 5.41) is 0. The summed E-state index contributed by atoms with van der Waals surface area (Å²) >= 11 is 0. The zero-order valence-corrected chi connectivity index (χ0v) is 12.0. The molecule has 0 amide bonds. The van der Waals surface area contributed by atoms with Gasteiger partial charge in [0, 0.05) is 19.1 Å². The van der Waals surface area contributed by atoms with Crippen LogP contribution in [0, 0.1) is 6.92 Å². The number of aryl methyl sites for hydroxylation is 1. The summed E-state index contributed by atoms with van der Waals surface area (Å²) in [5.41, 5.74) is 8.49. The molecule has 3 nitrogen and oxygen atoms in total. The Labute approximate surface area is 116 Å². The van der Waals surface area contributed by atoms with Crippen LogP contribution in [0.3, 0.4) is 0 Å². The molecule has 4 heteroatoms. The molecule has 1 fully saturated rings. The molecule has 2 rings (SSSR count). The minimum absolute atomic E-state index is 0. The number of likely N-dealkylation sites (tertiary alicyclic amines) is 1. The lowest BCUT2D eigenvalue weighted by Crippen LogP contribution is -2.42. The Balaban J connectivity index is 0.00000162. The third-order valence-electron chi connectivity index (χ3n) is 3.42. The van der Waals surface area contributed by atoms with Gasteiger partial charge in [-0.15, -0.1) is 12.4 Å². The second-order valence-corrected chi connectivity index (χ2v) is 4.94. The number of rotatable bonds is 3. The number of ether oxygens (including phenoxy) is 1. The number of halogens is 1. The zero-order chi connectivity index (χ0) is 12.3. The van der Waals surface area contributed by atoms with E-state index in [0.29, 0.717) is 6.04 Å². The molecule has 0 aliphatic carbocycles. The maximum atomic E-state index is 5.99. The van der Waals surface area contributed by atoms with Crippen molar-refractivity contribution in [3.8, 4) is 5.75 Å². The van der Waals surface area contributed by atoms with E-state index in [1.165, 1.54) is 17.5 Å². The third-order valence-corrected chi connectivity index (χ3v) is 3.42. The first-order valence-corrected chi connectivity index (χ1v) is 6.30. The molecule has 0 bridgehead atoms. The van der Waals surface area contributed by atoms with E-state index in [0.717, 1.165) is 31.8 Å². The zero-order valence-electron chi connectivity index (χ0n) is 11.2. The average molecular weight is 271 g/mol. The molecule has 1 heterocycles. The molecule has 102 valence electrons. The first-order chi connectivity index (χ1) is 8.19. The lowest BCUT2D eigenvalue weighted by atomic mass is 10.1. The molecule has 0 spiro atoms. The molecule has 0 saturated carbocycles. The van der Waals surface area contributed by atoms with E-state index in [4.69, 9.17) is 10.5 Å². The van der Waals surface area contributed by atoms with Crippen LogP contribution in [-0.2, 0) is 6.54 Å². The average Bonchev–Trinajstić information content (AvgIpc) is 2.32. The highest BCUT2D eigenvalue weighted by Crippen LogP contribution is 2.21. The van der Waals surface area contributed by atoms with Crippen LogP contribution in [0.5, 0.6) is 5.75 Å². The van der Waals surface area contributed by atoms with E-state index < -0.39 is 0 Å². The minimum atomic E-state index is 0. The molecule has 1 aromatic rings. The van der Waals surface area contributed by atoms with Crippen LogP contribution in [0.25, 0.3) is 0 Å². The summed E-state index contributed by atoms with van der Waals surface area (Å²) in [6, 6.07) is 6.78. The third kappa shape index (κ3) is 3.87. The second-order valence-electron chi connectivity index (χ2n) is 4.94. The maximum absolute atomic E-state index is 5.99. The van der Waals surface area contributed by atoms with Crippen LogP contribution in [0.1, 0.15) is 24.0 Å². The Morgan fingerprint density at radius 3 is 2.89 bits per heavy atom. The predicted octanol–water partition coefficient (Wildman–Crippen LogP) is 2.35. The maximum Gasteiger partial charge on any atom is 0.122 e. The number of hydrogen-bond donors (Lipinski definition) is 1. The van der Waals surface area contributed by atoms with Crippen molar-refractivity contribution in [2.45, 2.75) is 32.4 Å². The summed E-state index contributed by atoms with van der Waals surface area (Å²) in [7, 11) is 1.73. The number of hydrogen-bond acceptors (Lipinski definition) is 3. The molecule has 1 aromatic carbocycles. The van der Waals surface area contributed by atoms with Crippen LogP contribution < -0.4 is 10.5 Å². The van der Waals surface area contributed by atoms with E-state index in [9.17, 15) is 0 Å². The topological polar surface area (TPSA) is 38.5 Å². The minimum Gasteiger partial charge on any atom is -0.496 e. The molecular weight excluding hydrogens is 248 g/mol. The Morgan fingerprint density at radius 1 is 1.44 bits per heavy atom. The summed E-state index contributed by atoms with van der Waals surface area (Å²) in [6.45, 7) is 5.21. The largest absolute Gasteiger partial charge is 0.496 e. The summed E-state index contributed by atoms with van der Waals surface area (Å²) in [4.78, 5) is 2.43. The second kappa shape index (κ2) is 6.98. The normalized spacial score (nSPS) is 20.3. The fraction of sp³-hybridized carbons (Fsp3) is 0.571. The molecule has 0 radical (unpaired) electrons. The van der Waals surface area contributed by atoms with Crippen LogP contribution >= 0.6 is 12.4 Å². The van der Waals surface area contributed by atoms with Gasteiger partial charge in [-0.3, -0.25) is 4.90 Å². The van der Waals surface area contributed by atoms with Gasteiger partial charge in [-0.2, -0.15) is 0 Å².